The van der Waals surface area contributed by atoms with Crippen molar-refractivity contribution in [3.63, 3.8) is 0 Å². The number of nitrogens with one attached hydrogen (secondary N) is 1. The van der Waals surface area contributed by atoms with Crippen LogP contribution in [0.3, 0.4) is 0 Å². The van der Waals surface area contributed by atoms with Gasteiger partial charge in [-0.25, -0.2) is 4.99 Å². The molecule has 0 aromatic rings. The van der Waals surface area contributed by atoms with E-state index in [-0.39, 0.29) is 0 Å². The Morgan fingerprint density at radius 1 is 1.67 bits per heavy atom. The first kappa shape index (κ1) is 6.54. The van der Waals surface area contributed by atoms with E-state index in [0.29, 0.717) is 5.03 Å². The Balaban J connectivity index is 2.70. The highest BCUT2D eigenvalue weighted by molar-refractivity contribution is 6.39. The Morgan fingerprint density at radius 3 is 2.67 bits per heavy atom. The molecule has 50 valence electrons. The fourth-order valence-corrected chi connectivity index (χ4v) is 0.531. The van der Waals surface area contributed by atoms with Crippen molar-refractivity contribution in [3.8, 4) is 0 Å². The molecule has 0 atom stereocenters. The SMILES string of the molecule is NC1(N)N=CC(Cl)=CN1. The third kappa shape index (κ3) is 1.67. The predicted molar refractivity (Wildman–Crippen MR) is 36.7 cm³/mol. The van der Waals surface area contributed by atoms with Crippen molar-refractivity contribution in [1.82, 2.24) is 5.32 Å². The summed E-state index contributed by atoms with van der Waals surface area (Å²) in [6.45, 7) is 0. The summed E-state index contributed by atoms with van der Waals surface area (Å²) in [5.74, 6) is -1.18. The van der Waals surface area contributed by atoms with Crippen LogP contribution in [0.5, 0.6) is 0 Å². The van der Waals surface area contributed by atoms with Gasteiger partial charge in [-0.2, -0.15) is 0 Å². The number of aliphatic imine (C=N–C) groups is 1. The summed E-state index contributed by atoms with van der Waals surface area (Å²) in [5, 5.41) is 3.06. The highest BCUT2D eigenvalue weighted by Gasteiger charge is 2.15. The molecule has 9 heavy (non-hydrogen) atoms. The maximum Gasteiger partial charge on any atom is 0.238 e. The topological polar surface area (TPSA) is 76.4 Å². The van der Waals surface area contributed by atoms with E-state index in [2.05, 4.69) is 10.3 Å². The van der Waals surface area contributed by atoms with Crippen LogP contribution in [0.2, 0.25) is 0 Å². The van der Waals surface area contributed by atoms with Gasteiger partial charge < -0.3 is 5.32 Å². The first-order chi connectivity index (χ1) is 4.10. The molecule has 0 aromatic heterocycles. The minimum atomic E-state index is -1.18. The van der Waals surface area contributed by atoms with Gasteiger partial charge in [-0.3, -0.25) is 11.5 Å². The van der Waals surface area contributed by atoms with Crippen molar-refractivity contribution in [3.05, 3.63) is 11.2 Å². The number of allylic oxidation sites excluding steroid dienone is 1. The quantitative estimate of drug-likeness (QED) is 0.395. The number of nitrogens with two attached hydrogens (primary N) is 2. The molecule has 1 rings (SSSR count). The van der Waals surface area contributed by atoms with Crippen LogP contribution in [0, 0.1) is 0 Å². The summed E-state index contributed by atoms with van der Waals surface area (Å²) in [7, 11) is 0. The molecule has 0 unspecified atom stereocenters. The molecule has 0 radical (unpaired) electrons. The summed E-state index contributed by atoms with van der Waals surface area (Å²) < 4.78 is 0. The Morgan fingerprint density at radius 2 is 2.33 bits per heavy atom. The normalized spacial score (nSPS) is 22.8. The van der Waals surface area contributed by atoms with Crippen LogP contribution < -0.4 is 16.8 Å². The molecule has 1 aliphatic rings. The van der Waals surface area contributed by atoms with Crippen molar-refractivity contribution in [2.45, 2.75) is 5.91 Å². The molecule has 0 saturated carbocycles. The van der Waals surface area contributed by atoms with Gasteiger partial charge in [0.15, 0.2) is 0 Å². The van der Waals surface area contributed by atoms with Crippen molar-refractivity contribution >= 4 is 17.8 Å². The molecule has 5 heteroatoms. The highest BCUT2D eigenvalue weighted by atomic mass is 35.5. The smallest absolute Gasteiger partial charge is 0.238 e. The second-order valence-electron chi connectivity index (χ2n) is 1.76. The molecular formula is C4H7ClN4. The summed E-state index contributed by atoms with van der Waals surface area (Å²) in [6.07, 6.45) is 2.90. The van der Waals surface area contributed by atoms with Gasteiger partial charge in [0.1, 0.15) is 0 Å². The maximum atomic E-state index is 5.48. The fraction of sp³-hybridized carbons (Fsp3) is 0.250. The third-order valence-electron chi connectivity index (χ3n) is 0.843. The van der Waals surface area contributed by atoms with Crippen LogP contribution in [0.15, 0.2) is 16.2 Å². The summed E-state index contributed by atoms with van der Waals surface area (Å²) in [4.78, 5) is 3.66. The molecule has 1 aliphatic heterocycles. The number of hydrogen-bond donors (Lipinski definition) is 3. The van der Waals surface area contributed by atoms with Gasteiger partial charge in [-0.1, -0.05) is 11.6 Å². The molecule has 0 spiro atoms. The van der Waals surface area contributed by atoms with Gasteiger partial charge in [0.25, 0.3) is 0 Å². The van der Waals surface area contributed by atoms with Gasteiger partial charge in [0.2, 0.25) is 5.91 Å². The first-order valence-corrected chi connectivity index (χ1v) is 2.74. The zero-order valence-electron chi connectivity index (χ0n) is 4.63. The number of hydrogen-bond acceptors (Lipinski definition) is 4. The van der Waals surface area contributed by atoms with E-state index in [1.807, 2.05) is 0 Å². The summed E-state index contributed by atoms with van der Waals surface area (Å²) in [5.41, 5.74) is 10.6. The maximum absolute atomic E-state index is 5.48. The molecule has 1 heterocycles. The lowest BCUT2D eigenvalue weighted by molar-refractivity contribution is 0.412. The number of rotatable bonds is 0. The number of nitrogens with zero attached hydrogens (tertiary/aromatic N) is 1. The van der Waals surface area contributed by atoms with Crippen LogP contribution in [-0.4, -0.2) is 12.1 Å². The van der Waals surface area contributed by atoms with E-state index >= 15 is 0 Å². The molecule has 4 nitrogen and oxygen atoms in total. The Bertz CT molecular complexity index is 171. The molecular weight excluding hydrogens is 140 g/mol. The Kier molecular flexibility index (Phi) is 1.44. The van der Waals surface area contributed by atoms with Crippen molar-refractivity contribution < 1.29 is 0 Å². The fourth-order valence-electron chi connectivity index (χ4n) is 0.428. The average Bonchev–Trinajstić information content (AvgIpc) is 1.78. The molecule has 0 aliphatic carbocycles. The molecule has 0 fully saturated rings. The minimum Gasteiger partial charge on any atom is -0.341 e. The van der Waals surface area contributed by atoms with Crippen molar-refractivity contribution in [2.75, 3.05) is 0 Å². The van der Waals surface area contributed by atoms with Crippen LogP contribution in [0.1, 0.15) is 0 Å². The van der Waals surface area contributed by atoms with E-state index in [1.165, 1.54) is 12.4 Å². The second-order valence-corrected chi connectivity index (χ2v) is 2.19. The van der Waals surface area contributed by atoms with E-state index in [1.54, 1.807) is 0 Å². The van der Waals surface area contributed by atoms with Crippen LogP contribution >= 0.6 is 11.6 Å². The van der Waals surface area contributed by atoms with Gasteiger partial charge in [0.05, 0.1) is 5.03 Å². The predicted octanol–water partition coefficient (Wildman–Crippen LogP) is -0.731. The lowest BCUT2D eigenvalue weighted by Crippen LogP contribution is -2.58. The zero-order chi connectivity index (χ0) is 6.91. The largest absolute Gasteiger partial charge is 0.341 e. The van der Waals surface area contributed by atoms with Gasteiger partial charge in [-0.05, 0) is 0 Å². The van der Waals surface area contributed by atoms with E-state index in [0.717, 1.165) is 0 Å². The Labute approximate surface area is 57.6 Å². The number of halogens is 1. The molecule has 0 amide bonds. The first-order valence-electron chi connectivity index (χ1n) is 2.36. The molecule has 0 aromatic carbocycles. The lowest BCUT2D eigenvalue weighted by atomic mass is 10.5. The van der Waals surface area contributed by atoms with Crippen molar-refractivity contribution in [2.24, 2.45) is 16.5 Å². The van der Waals surface area contributed by atoms with Crippen LogP contribution in [-0.2, 0) is 0 Å². The van der Waals surface area contributed by atoms with E-state index < -0.39 is 5.91 Å². The van der Waals surface area contributed by atoms with Crippen LogP contribution in [0.25, 0.3) is 0 Å². The van der Waals surface area contributed by atoms with Gasteiger partial charge in [0, 0.05) is 12.4 Å². The van der Waals surface area contributed by atoms with Gasteiger partial charge >= 0.3 is 0 Å². The Hall–Kier alpha value is -0.580. The van der Waals surface area contributed by atoms with Gasteiger partial charge in [-0.15, -0.1) is 0 Å². The zero-order valence-corrected chi connectivity index (χ0v) is 5.39. The van der Waals surface area contributed by atoms with Crippen LogP contribution in [0.4, 0.5) is 0 Å². The molecule has 5 N–H and O–H groups in total. The minimum absolute atomic E-state index is 0.488. The molecule has 0 saturated heterocycles. The summed E-state index contributed by atoms with van der Waals surface area (Å²) in [6, 6.07) is 0. The summed E-state index contributed by atoms with van der Waals surface area (Å²) >= 11 is 5.48. The third-order valence-corrected chi connectivity index (χ3v) is 1.05. The monoisotopic (exact) mass is 146 g/mol. The molecule has 0 bridgehead atoms. The second kappa shape index (κ2) is 1.98. The average molecular weight is 147 g/mol. The van der Waals surface area contributed by atoms with E-state index in [9.17, 15) is 0 Å². The lowest BCUT2D eigenvalue weighted by Gasteiger charge is -2.21. The van der Waals surface area contributed by atoms with Crippen molar-refractivity contribution in [1.29, 1.82) is 0 Å². The standard InChI is InChI=1S/C4H7ClN4/c5-3-1-8-4(6,7)9-2-3/h1-2,8H,6-7H2. The van der Waals surface area contributed by atoms with E-state index in [4.69, 9.17) is 23.1 Å². The highest BCUT2D eigenvalue weighted by Crippen LogP contribution is 2.02.